The van der Waals surface area contributed by atoms with Gasteiger partial charge >= 0.3 is 0 Å². The molecule has 0 spiro atoms. The molecule has 4 heteroatoms. The zero-order valence-corrected chi connectivity index (χ0v) is 32.5. The van der Waals surface area contributed by atoms with Gasteiger partial charge in [0, 0.05) is 60.9 Å². The van der Waals surface area contributed by atoms with Crippen LogP contribution >= 0.6 is 0 Å². The zero-order valence-electron chi connectivity index (χ0n) is 32.5. The van der Waals surface area contributed by atoms with Gasteiger partial charge in [-0.3, -0.25) is 0 Å². The molecule has 2 N–H and O–H groups in total. The highest BCUT2D eigenvalue weighted by atomic mass is 15.0. The predicted octanol–water partition coefficient (Wildman–Crippen LogP) is 13.6. The molecule has 1 aliphatic carbocycles. The standard InChI is InChI=1S/C55H40N4/c1-36(57-55(37-16-4-2-5-17-37)46-24-10-13-25-49(46)56)41-30-33-52(43-21-9-8-20-42(41)43)59-51-27-15-12-23-45(51)48-35-39(29-32-54(48)59)38-28-31-53-47(34-38)44-22-11-14-26-50(44)58(53)40-18-6-3-7-19-40/h2-13,15-25,27-35H,1,14,26,56H2/b57-55-. The molecule has 1 aliphatic rings. The number of nitrogens with zero attached hydrogens (tertiary/aromatic N) is 3. The van der Waals surface area contributed by atoms with Gasteiger partial charge in [-0.2, -0.15) is 0 Å². The van der Waals surface area contributed by atoms with E-state index in [0.717, 1.165) is 62.7 Å². The summed E-state index contributed by atoms with van der Waals surface area (Å²) in [5.74, 6) is 0. The fourth-order valence-electron chi connectivity index (χ4n) is 9.20. The number of aromatic nitrogens is 2. The maximum atomic E-state index is 6.52. The van der Waals surface area contributed by atoms with E-state index in [1.54, 1.807) is 0 Å². The van der Waals surface area contributed by atoms with Crippen LogP contribution in [0, 0.1) is 0 Å². The maximum absolute atomic E-state index is 6.52. The quantitative estimate of drug-likeness (QED) is 0.128. The minimum Gasteiger partial charge on any atom is -0.398 e. The Bertz CT molecular complexity index is 3340. The largest absolute Gasteiger partial charge is 0.398 e. The molecule has 0 saturated carbocycles. The van der Waals surface area contributed by atoms with Crippen molar-refractivity contribution in [2.24, 2.45) is 4.99 Å². The van der Waals surface area contributed by atoms with Crippen LogP contribution in [-0.4, -0.2) is 14.8 Å². The molecule has 0 saturated heterocycles. The van der Waals surface area contributed by atoms with Crippen LogP contribution in [0.25, 0.3) is 77.8 Å². The lowest BCUT2D eigenvalue weighted by molar-refractivity contribution is 0.888. The molecular weight excluding hydrogens is 717 g/mol. The van der Waals surface area contributed by atoms with Crippen LogP contribution in [-0.2, 0) is 6.42 Å². The molecule has 280 valence electrons. The first-order valence-electron chi connectivity index (χ1n) is 20.3. The smallest absolute Gasteiger partial charge is 0.0802 e. The number of fused-ring (bicyclic) bond motifs is 7. The molecule has 2 aromatic heterocycles. The van der Waals surface area contributed by atoms with E-state index in [2.05, 4.69) is 167 Å². The lowest BCUT2D eigenvalue weighted by Crippen LogP contribution is -2.07. The second kappa shape index (κ2) is 14.0. The predicted molar refractivity (Wildman–Crippen MR) is 250 cm³/mol. The molecule has 2 heterocycles. The Morgan fingerprint density at radius 1 is 0.525 bits per heavy atom. The fraction of sp³-hybridized carbons (Fsp3) is 0.0364. The summed E-state index contributed by atoms with van der Waals surface area (Å²) < 4.78 is 4.87. The molecule has 10 aromatic rings. The van der Waals surface area contributed by atoms with Crippen molar-refractivity contribution in [2.75, 3.05) is 5.73 Å². The van der Waals surface area contributed by atoms with Crippen molar-refractivity contribution in [2.45, 2.75) is 12.8 Å². The minimum absolute atomic E-state index is 0.676. The number of nitrogens with two attached hydrogens (primary N) is 1. The molecule has 0 amide bonds. The van der Waals surface area contributed by atoms with Gasteiger partial charge in [-0.05, 0) is 84.0 Å². The van der Waals surface area contributed by atoms with Crippen LogP contribution in [0.2, 0.25) is 0 Å². The number of allylic oxidation sites excluding steroid dienone is 1. The van der Waals surface area contributed by atoms with Crippen molar-refractivity contribution in [3.8, 4) is 22.5 Å². The number of rotatable bonds is 7. The van der Waals surface area contributed by atoms with E-state index in [9.17, 15) is 0 Å². The Balaban J connectivity index is 1.05. The van der Waals surface area contributed by atoms with E-state index in [-0.39, 0.29) is 0 Å². The number of nitrogen functional groups attached to an aromatic ring is 1. The van der Waals surface area contributed by atoms with Gasteiger partial charge in [0.15, 0.2) is 0 Å². The summed E-state index contributed by atoms with van der Waals surface area (Å²) in [5.41, 5.74) is 22.5. The summed E-state index contributed by atoms with van der Waals surface area (Å²) in [7, 11) is 0. The van der Waals surface area contributed by atoms with E-state index in [1.165, 1.54) is 49.7 Å². The first-order chi connectivity index (χ1) is 29.1. The molecule has 0 radical (unpaired) electrons. The summed E-state index contributed by atoms with van der Waals surface area (Å²) >= 11 is 0. The Kier molecular flexibility index (Phi) is 8.23. The SMILES string of the molecule is C=C(/N=C(/c1ccccc1)c1ccccc1N)c1ccc(-n2c3ccccc3c3cc(-c4ccc5c(c4)c4c(n5-c5ccccc5)CCC=C4)ccc32)c2ccccc12. The monoisotopic (exact) mass is 756 g/mol. The average molecular weight is 757 g/mol. The van der Waals surface area contributed by atoms with Crippen LogP contribution in [0.3, 0.4) is 0 Å². The number of hydrogen-bond donors (Lipinski definition) is 1. The Morgan fingerprint density at radius 2 is 1.15 bits per heavy atom. The first-order valence-corrected chi connectivity index (χ1v) is 20.3. The van der Waals surface area contributed by atoms with Crippen LogP contribution in [0.1, 0.15) is 34.4 Å². The van der Waals surface area contributed by atoms with Crippen molar-refractivity contribution in [1.82, 2.24) is 9.13 Å². The summed E-state index contributed by atoms with van der Waals surface area (Å²) in [6.45, 7) is 4.55. The third-order valence-corrected chi connectivity index (χ3v) is 11.9. The molecule has 0 aliphatic heterocycles. The van der Waals surface area contributed by atoms with Gasteiger partial charge in [-0.15, -0.1) is 0 Å². The molecule has 0 fully saturated rings. The molecule has 0 atom stereocenters. The number of hydrogen-bond acceptors (Lipinski definition) is 2. The van der Waals surface area contributed by atoms with E-state index < -0.39 is 0 Å². The van der Waals surface area contributed by atoms with Crippen LogP contribution in [0.4, 0.5) is 5.69 Å². The normalized spacial score (nSPS) is 12.8. The maximum Gasteiger partial charge on any atom is 0.0802 e. The summed E-state index contributed by atoms with van der Waals surface area (Å²) in [5, 5.41) is 5.94. The molecule has 11 rings (SSSR count). The highest BCUT2D eigenvalue weighted by Gasteiger charge is 2.21. The third-order valence-electron chi connectivity index (χ3n) is 11.9. The first kappa shape index (κ1) is 34.5. The van der Waals surface area contributed by atoms with Gasteiger partial charge in [0.05, 0.1) is 33.6 Å². The Morgan fingerprint density at radius 3 is 1.93 bits per heavy atom. The van der Waals surface area contributed by atoms with E-state index >= 15 is 0 Å². The fourth-order valence-corrected chi connectivity index (χ4v) is 9.20. The van der Waals surface area contributed by atoms with E-state index in [0.29, 0.717) is 11.4 Å². The van der Waals surface area contributed by atoms with Gasteiger partial charge in [-0.25, -0.2) is 4.99 Å². The van der Waals surface area contributed by atoms with Crippen molar-refractivity contribution < 1.29 is 0 Å². The lowest BCUT2D eigenvalue weighted by Gasteiger charge is -2.16. The molecule has 0 bridgehead atoms. The molecule has 59 heavy (non-hydrogen) atoms. The number of benzene rings is 8. The van der Waals surface area contributed by atoms with Crippen molar-refractivity contribution in [3.05, 3.63) is 223 Å². The van der Waals surface area contributed by atoms with Gasteiger partial charge < -0.3 is 14.9 Å². The Labute approximate surface area is 343 Å². The summed E-state index contributed by atoms with van der Waals surface area (Å²) in [4.78, 5) is 5.22. The van der Waals surface area contributed by atoms with Crippen molar-refractivity contribution >= 4 is 66.7 Å². The molecular formula is C55H40N4. The second-order valence-electron chi connectivity index (χ2n) is 15.3. The molecule has 4 nitrogen and oxygen atoms in total. The zero-order chi connectivity index (χ0) is 39.5. The van der Waals surface area contributed by atoms with Crippen LogP contribution < -0.4 is 5.73 Å². The third kappa shape index (κ3) is 5.72. The van der Waals surface area contributed by atoms with E-state index in [1.807, 2.05) is 42.5 Å². The van der Waals surface area contributed by atoms with E-state index in [4.69, 9.17) is 10.7 Å². The van der Waals surface area contributed by atoms with Crippen LogP contribution in [0.15, 0.2) is 200 Å². The summed E-state index contributed by atoms with van der Waals surface area (Å²) in [6.07, 6.45) is 6.72. The highest BCUT2D eigenvalue weighted by molar-refractivity contribution is 6.18. The van der Waals surface area contributed by atoms with Gasteiger partial charge in [-0.1, -0.05) is 146 Å². The Hall–Kier alpha value is -7.69. The van der Waals surface area contributed by atoms with Gasteiger partial charge in [0.25, 0.3) is 0 Å². The lowest BCUT2D eigenvalue weighted by atomic mass is 9.98. The van der Waals surface area contributed by atoms with Crippen LogP contribution in [0.5, 0.6) is 0 Å². The highest BCUT2D eigenvalue weighted by Crippen LogP contribution is 2.41. The number of aliphatic imine (C=N–C) groups is 1. The average Bonchev–Trinajstić information content (AvgIpc) is 3.81. The minimum atomic E-state index is 0.676. The van der Waals surface area contributed by atoms with Gasteiger partial charge in [0.2, 0.25) is 0 Å². The summed E-state index contributed by atoms with van der Waals surface area (Å²) in [6, 6.07) is 64.5. The van der Waals surface area contributed by atoms with Crippen molar-refractivity contribution in [1.29, 1.82) is 0 Å². The molecule has 0 unspecified atom stereocenters. The van der Waals surface area contributed by atoms with Gasteiger partial charge in [0.1, 0.15) is 0 Å². The second-order valence-corrected chi connectivity index (χ2v) is 15.3. The van der Waals surface area contributed by atoms with Crippen molar-refractivity contribution in [3.63, 3.8) is 0 Å². The number of para-hydroxylation sites is 3. The number of anilines is 1. The molecule has 8 aromatic carbocycles. The topological polar surface area (TPSA) is 48.2 Å².